The third-order valence-corrected chi connectivity index (χ3v) is 4.81. The van der Waals surface area contributed by atoms with Gasteiger partial charge in [0.1, 0.15) is 17.6 Å². The molecule has 0 aromatic carbocycles. The predicted molar refractivity (Wildman–Crippen MR) is 97.1 cm³/mol. The lowest BCUT2D eigenvalue weighted by Crippen LogP contribution is -2.55. The van der Waals surface area contributed by atoms with Crippen LogP contribution in [-0.4, -0.2) is 23.8 Å². The van der Waals surface area contributed by atoms with Gasteiger partial charge in [-0.2, -0.15) is 0 Å². The summed E-state index contributed by atoms with van der Waals surface area (Å²) in [6.45, 7) is 7.15. The van der Waals surface area contributed by atoms with Crippen LogP contribution in [0.2, 0.25) is 0 Å². The van der Waals surface area contributed by atoms with Crippen LogP contribution in [0.25, 0.3) is 0 Å². The fraction of sp³-hybridized carbons (Fsp3) is 0.632. The Hall–Kier alpha value is -2.31. The van der Waals surface area contributed by atoms with Crippen LogP contribution in [0.15, 0.2) is 10.5 Å². The molecule has 1 fully saturated rings. The molecule has 0 aliphatic heterocycles. The van der Waals surface area contributed by atoms with Crippen molar-refractivity contribution in [2.45, 2.75) is 65.8 Å². The van der Waals surface area contributed by atoms with Crippen molar-refractivity contribution in [1.29, 1.82) is 0 Å². The summed E-state index contributed by atoms with van der Waals surface area (Å²) in [4.78, 5) is 37.1. The zero-order valence-corrected chi connectivity index (χ0v) is 16.0. The zero-order valence-electron chi connectivity index (χ0n) is 16.0. The van der Waals surface area contributed by atoms with Gasteiger partial charge in [-0.15, -0.1) is 0 Å². The van der Waals surface area contributed by atoms with Crippen molar-refractivity contribution in [3.05, 3.63) is 23.2 Å². The molecule has 2 rings (SSSR count). The summed E-state index contributed by atoms with van der Waals surface area (Å²) >= 11 is 0. The molecule has 1 unspecified atom stereocenters. The molecular formula is C19H29N3O4. The second kappa shape index (κ2) is 8.87. The molecule has 7 heteroatoms. The fourth-order valence-electron chi connectivity index (χ4n) is 3.29. The molecule has 3 N–H and O–H groups in total. The summed E-state index contributed by atoms with van der Waals surface area (Å²) < 4.78 is 5.32. The van der Waals surface area contributed by atoms with Gasteiger partial charge in [0, 0.05) is 5.92 Å². The van der Waals surface area contributed by atoms with E-state index in [2.05, 4.69) is 16.2 Å². The minimum atomic E-state index is -0.697. The van der Waals surface area contributed by atoms with Crippen molar-refractivity contribution in [2.75, 3.05) is 0 Å². The standard InChI is InChI=1S/C19H29N3O4/c1-11(2)16(20-17(23)14-8-6-5-7-9-14)19(25)22-21-18(24)15-10-12(3)26-13(15)4/h10-11,14,16H,5-9H2,1-4H3,(H,20,23)(H,21,24)(H,22,25). The van der Waals surface area contributed by atoms with Crippen LogP contribution in [0.1, 0.15) is 67.8 Å². The van der Waals surface area contributed by atoms with Gasteiger partial charge in [0.2, 0.25) is 5.91 Å². The predicted octanol–water partition coefficient (Wildman–Crippen LogP) is 2.38. The third-order valence-electron chi connectivity index (χ3n) is 4.81. The zero-order chi connectivity index (χ0) is 19.3. The summed E-state index contributed by atoms with van der Waals surface area (Å²) in [6, 6.07) is 0.915. The normalized spacial score (nSPS) is 16.2. The molecule has 144 valence electrons. The van der Waals surface area contributed by atoms with E-state index in [1.807, 2.05) is 13.8 Å². The molecule has 1 heterocycles. The number of rotatable bonds is 5. The van der Waals surface area contributed by atoms with E-state index >= 15 is 0 Å². The number of furan rings is 1. The number of carbonyl (C=O) groups is 3. The van der Waals surface area contributed by atoms with Gasteiger partial charge in [-0.1, -0.05) is 33.1 Å². The molecule has 1 aromatic rings. The highest BCUT2D eigenvalue weighted by molar-refractivity contribution is 5.97. The number of amides is 3. The van der Waals surface area contributed by atoms with E-state index in [1.54, 1.807) is 19.9 Å². The van der Waals surface area contributed by atoms with E-state index in [0.29, 0.717) is 17.1 Å². The summed E-state index contributed by atoms with van der Waals surface area (Å²) in [5.74, 6) is 0.0238. The Kier molecular flexibility index (Phi) is 6.83. The minimum absolute atomic E-state index is 0.0241. The maximum Gasteiger partial charge on any atom is 0.273 e. The van der Waals surface area contributed by atoms with E-state index in [-0.39, 0.29) is 17.7 Å². The van der Waals surface area contributed by atoms with Crippen molar-refractivity contribution < 1.29 is 18.8 Å². The maximum absolute atomic E-state index is 12.5. The number of nitrogens with one attached hydrogen (secondary N) is 3. The minimum Gasteiger partial charge on any atom is -0.466 e. The second-order valence-electron chi connectivity index (χ2n) is 7.34. The third kappa shape index (κ3) is 5.09. The Morgan fingerprint density at radius 2 is 1.73 bits per heavy atom. The van der Waals surface area contributed by atoms with E-state index in [1.165, 1.54) is 0 Å². The molecule has 7 nitrogen and oxygen atoms in total. The lowest BCUT2D eigenvalue weighted by atomic mass is 9.88. The van der Waals surface area contributed by atoms with E-state index in [0.717, 1.165) is 32.1 Å². The number of hydrazine groups is 1. The van der Waals surface area contributed by atoms with Gasteiger partial charge in [0.25, 0.3) is 11.8 Å². The molecule has 1 aliphatic carbocycles. The average molecular weight is 363 g/mol. The first kappa shape index (κ1) is 20.0. The SMILES string of the molecule is Cc1cc(C(=O)NNC(=O)C(NC(=O)C2CCCCC2)C(C)C)c(C)o1. The van der Waals surface area contributed by atoms with Crippen molar-refractivity contribution in [2.24, 2.45) is 11.8 Å². The smallest absolute Gasteiger partial charge is 0.273 e. The summed E-state index contributed by atoms with van der Waals surface area (Å²) in [7, 11) is 0. The highest BCUT2D eigenvalue weighted by Gasteiger charge is 2.29. The van der Waals surface area contributed by atoms with Crippen LogP contribution in [0.3, 0.4) is 0 Å². The number of hydrogen-bond donors (Lipinski definition) is 3. The first-order chi connectivity index (χ1) is 12.3. The quantitative estimate of drug-likeness (QED) is 0.699. The van der Waals surface area contributed by atoms with Gasteiger partial charge in [-0.25, -0.2) is 0 Å². The topological polar surface area (TPSA) is 100 Å². The maximum atomic E-state index is 12.5. The summed E-state index contributed by atoms with van der Waals surface area (Å²) in [5.41, 5.74) is 5.17. The fourth-order valence-corrected chi connectivity index (χ4v) is 3.29. The van der Waals surface area contributed by atoms with Gasteiger partial charge in [-0.05, 0) is 38.7 Å². The molecule has 1 saturated carbocycles. The molecule has 3 amide bonds. The Labute approximate surface area is 154 Å². The van der Waals surface area contributed by atoms with E-state index < -0.39 is 17.9 Å². The molecule has 0 spiro atoms. The van der Waals surface area contributed by atoms with Crippen LogP contribution in [0.4, 0.5) is 0 Å². The molecule has 1 aliphatic rings. The summed E-state index contributed by atoms with van der Waals surface area (Å²) in [5, 5.41) is 2.84. The first-order valence-corrected chi connectivity index (χ1v) is 9.27. The Balaban J connectivity index is 1.92. The van der Waals surface area contributed by atoms with Crippen molar-refractivity contribution >= 4 is 17.7 Å². The molecular weight excluding hydrogens is 334 g/mol. The molecule has 26 heavy (non-hydrogen) atoms. The van der Waals surface area contributed by atoms with Crippen LogP contribution in [-0.2, 0) is 9.59 Å². The molecule has 1 aromatic heterocycles. The second-order valence-corrected chi connectivity index (χ2v) is 7.34. The highest BCUT2D eigenvalue weighted by atomic mass is 16.3. The highest BCUT2D eigenvalue weighted by Crippen LogP contribution is 2.24. The van der Waals surface area contributed by atoms with Crippen LogP contribution in [0.5, 0.6) is 0 Å². The number of hydrogen-bond acceptors (Lipinski definition) is 4. The van der Waals surface area contributed by atoms with Crippen molar-refractivity contribution in [3.63, 3.8) is 0 Å². The van der Waals surface area contributed by atoms with Crippen molar-refractivity contribution in [3.8, 4) is 0 Å². The van der Waals surface area contributed by atoms with Crippen LogP contribution < -0.4 is 16.2 Å². The first-order valence-electron chi connectivity index (χ1n) is 9.27. The number of carbonyl (C=O) groups excluding carboxylic acids is 3. The number of aryl methyl sites for hydroxylation is 2. The molecule has 0 saturated heterocycles. The Morgan fingerprint density at radius 3 is 2.27 bits per heavy atom. The lowest BCUT2D eigenvalue weighted by molar-refractivity contribution is -0.133. The monoisotopic (exact) mass is 363 g/mol. The molecule has 0 bridgehead atoms. The Morgan fingerprint density at radius 1 is 1.08 bits per heavy atom. The molecule has 1 atom stereocenters. The van der Waals surface area contributed by atoms with Gasteiger partial charge < -0.3 is 9.73 Å². The average Bonchev–Trinajstić information content (AvgIpc) is 2.95. The lowest BCUT2D eigenvalue weighted by Gasteiger charge is -2.26. The molecule has 0 radical (unpaired) electrons. The van der Waals surface area contributed by atoms with E-state index in [9.17, 15) is 14.4 Å². The van der Waals surface area contributed by atoms with Gasteiger partial charge in [0.05, 0.1) is 5.56 Å². The van der Waals surface area contributed by atoms with Gasteiger partial charge >= 0.3 is 0 Å². The van der Waals surface area contributed by atoms with Gasteiger partial charge in [-0.3, -0.25) is 25.2 Å². The largest absolute Gasteiger partial charge is 0.466 e. The van der Waals surface area contributed by atoms with Crippen LogP contribution >= 0.6 is 0 Å². The van der Waals surface area contributed by atoms with E-state index in [4.69, 9.17) is 4.42 Å². The Bertz CT molecular complexity index is 660. The van der Waals surface area contributed by atoms with Crippen LogP contribution in [0, 0.1) is 25.7 Å². The van der Waals surface area contributed by atoms with Crippen molar-refractivity contribution in [1.82, 2.24) is 16.2 Å². The summed E-state index contributed by atoms with van der Waals surface area (Å²) in [6.07, 6.45) is 5.01. The van der Waals surface area contributed by atoms with Gasteiger partial charge in [0.15, 0.2) is 0 Å².